The lowest BCUT2D eigenvalue weighted by Crippen LogP contribution is -2.47. The van der Waals surface area contributed by atoms with E-state index < -0.39 is 0 Å². The maximum Gasteiger partial charge on any atom is 0.0991 e. The normalized spacial score (nSPS) is 27.8. The van der Waals surface area contributed by atoms with Gasteiger partial charge < -0.3 is 10.1 Å². The monoisotopic (exact) mass is 332 g/mol. The molecule has 1 N–H and O–H groups in total. The minimum atomic E-state index is 0.193. The number of methoxy groups -OCH3 is 1. The van der Waals surface area contributed by atoms with Crippen LogP contribution in [0, 0.1) is 16.7 Å². The van der Waals surface area contributed by atoms with Crippen LogP contribution < -0.4 is 5.32 Å². The number of hydrogen-bond acceptors (Lipinski definition) is 3. The lowest BCUT2D eigenvalue weighted by atomic mass is 9.71. The summed E-state index contributed by atoms with van der Waals surface area (Å²) < 4.78 is 6.00. The Morgan fingerprint density at radius 3 is 2.96 bits per heavy atom. The number of nitriles is 1. The molecule has 4 rings (SSSR count). The quantitative estimate of drug-likeness (QED) is 0.930. The molecular formula is C22H24N2O. The first kappa shape index (κ1) is 16.3. The largest absolute Gasteiger partial charge is 0.376 e. The summed E-state index contributed by atoms with van der Waals surface area (Å²) in [7, 11) is 1.85. The van der Waals surface area contributed by atoms with Gasteiger partial charge in [-0.3, -0.25) is 0 Å². The van der Waals surface area contributed by atoms with E-state index in [9.17, 15) is 0 Å². The summed E-state index contributed by atoms with van der Waals surface area (Å²) in [5, 5.41) is 12.8. The van der Waals surface area contributed by atoms with Crippen molar-refractivity contribution in [1.82, 2.24) is 5.32 Å². The first-order valence-electron chi connectivity index (χ1n) is 9.07. The fourth-order valence-electron chi connectivity index (χ4n) is 4.92. The predicted octanol–water partition coefficient (Wildman–Crippen LogP) is 3.78. The van der Waals surface area contributed by atoms with Gasteiger partial charge in [-0.05, 0) is 61.1 Å². The van der Waals surface area contributed by atoms with Gasteiger partial charge in [0.15, 0.2) is 0 Å². The van der Waals surface area contributed by atoms with E-state index in [1.165, 1.54) is 16.7 Å². The van der Waals surface area contributed by atoms with E-state index in [2.05, 4.69) is 41.7 Å². The molecule has 1 spiro atoms. The highest BCUT2D eigenvalue weighted by Crippen LogP contribution is 2.53. The standard InChI is InChI=1S/C22H24N2O/c1-25-21-20-8-3-2-7-18(20)13-22(21)9-10-24-19(14-22)12-16-5-4-6-17(11-16)15-23/h2-8,11,19,21,24H,9-10,12-14H2,1H3. The Labute approximate surface area is 149 Å². The summed E-state index contributed by atoms with van der Waals surface area (Å²) in [6.45, 7) is 1.02. The van der Waals surface area contributed by atoms with E-state index in [1.807, 2.05) is 25.3 Å². The Morgan fingerprint density at radius 1 is 1.24 bits per heavy atom. The van der Waals surface area contributed by atoms with Gasteiger partial charge in [-0.25, -0.2) is 0 Å². The van der Waals surface area contributed by atoms with Gasteiger partial charge in [0, 0.05) is 18.6 Å². The molecule has 0 aromatic heterocycles. The number of rotatable bonds is 3. The van der Waals surface area contributed by atoms with E-state index in [4.69, 9.17) is 10.00 Å². The lowest BCUT2D eigenvalue weighted by molar-refractivity contribution is -0.0290. The van der Waals surface area contributed by atoms with Crippen LogP contribution in [0.4, 0.5) is 0 Å². The van der Waals surface area contributed by atoms with Crippen LogP contribution >= 0.6 is 0 Å². The highest BCUT2D eigenvalue weighted by atomic mass is 16.5. The van der Waals surface area contributed by atoms with Gasteiger partial charge in [0.1, 0.15) is 0 Å². The fraction of sp³-hybridized carbons (Fsp3) is 0.409. The minimum absolute atomic E-state index is 0.193. The molecule has 1 heterocycles. The average Bonchev–Trinajstić information content (AvgIpc) is 2.93. The van der Waals surface area contributed by atoms with Crippen LogP contribution in [0.2, 0.25) is 0 Å². The molecule has 3 heteroatoms. The van der Waals surface area contributed by atoms with Gasteiger partial charge in [-0.2, -0.15) is 5.26 Å². The second-order valence-electron chi connectivity index (χ2n) is 7.48. The van der Waals surface area contributed by atoms with Crippen LogP contribution in [0.15, 0.2) is 48.5 Å². The second-order valence-corrected chi connectivity index (χ2v) is 7.48. The summed E-state index contributed by atoms with van der Waals surface area (Å²) in [4.78, 5) is 0. The first-order valence-corrected chi connectivity index (χ1v) is 9.07. The number of nitrogens with zero attached hydrogens (tertiary/aromatic N) is 1. The Balaban J connectivity index is 1.56. The molecule has 3 atom stereocenters. The van der Waals surface area contributed by atoms with Crippen molar-refractivity contribution < 1.29 is 4.74 Å². The van der Waals surface area contributed by atoms with Crippen molar-refractivity contribution in [2.24, 2.45) is 5.41 Å². The molecular weight excluding hydrogens is 308 g/mol. The summed E-state index contributed by atoms with van der Waals surface area (Å²) in [6, 6.07) is 19.4. The predicted molar refractivity (Wildman–Crippen MR) is 98.2 cm³/mol. The Morgan fingerprint density at radius 2 is 2.12 bits per heavy atom. The maximum atomic E-state index is 9.12. The molecule has 25 heavy (non-hydrogen) atoms. The Bertz CT molecular complexity index is 810. The van der Waals surface area contributed by atoms with Gasteiger partial charge in [-0.15, -0.1) is 0 Å². The second kappa shape index (κ2) is 6.63. The number of benzene rings is 2. The number of fused-ring (bicyclic) bond motifs is 1. The van der Waals surface area contributed by atoms with Crippen LogP contribution in [0.5, 0.6) is 0 Å². The Hall–Kier alpha value is -2.15. The van der Waals surface area contributed by atoms with Gasteiger partial charge in [-0.1, -0.05) is 36.4 Å². The van der Waals surface area contributed by atoms with Gasteiger partial charge >= 0.3 is 0 Å². The molecule has 0 radical (unpaired) electrons. The molecule has 1 aliphatic carbocycles. The van der Waals surface area contributed by atoms with Crippen LogP contribution in [-0.4, -0.2) is 19.7 Å². The van der Waals surface area contributed by atoms with Crippen molar-refractivity contribution >= 4 is 0 Å². The molecule has 128 valence electrons. The SMILES string of the molecule is COC1c2ccccc2CC12CCNC(Cc1cccc(C#N)c1)C2. The number of ether oxygens (including phenoxy) is 1. The molecule has 3 unspecified atom stereocenters. The lowest BCUT2D eigenvalue weighted by Gasteiger charge is -2.42. The van der Waals surface area contributed by atoms with Crippen molar-refractivity contribution in [2.45, 2.75) is 37.8 Å². The third-order valence-electron chi connectivity index (χ3n) is 5.92. The third-order valence-corrected chi connectivity index (χ3v) is 5.92. The van der Waals surface area contributed by atoms with Crippen molar-refractivity contribution in [3.05, 3.63) is 70.8 Å². The van der Waals surface area contributed by atoms with Crippen molar-refractivity contribution in [1.29, 1.82) is 5.26 Å². The molecule has 1 saturated heterocycles. The van der Waals surface area contributed by atoms with Crippen molar-refractivity contribution in [3.63, 3.8) is 0 Å². The molecule has 2 aromatic rings. The van der Waals surface area contributed by atoms with Crippen LogP contribution in [0.3, 0.4) is 0 Å². The zero-order chi connectivity index (χ0) is 17.3. The van der Waals surface area contributed by atoms with E-state index in [-0.39, 0.29) is 11.5 Å². The molecule has 0 saturated carbocycles. The summed E-state index contributed by atoms with van der Waals surface area (Å²) in [5.41, 5.74) is 4.99. The molecule has 3 nitrogen and oxygen atoms in total. The molecule has 0 bridgehead atoms. The fourth-order valence-corrected chi connectivity index (χ4v) is 4.92. The van der Waals surface area contributed by atoms with E-state index in [1.54, 1.807) is 0 Å². The first-order chi connectivity index (χ1) is 12.2. The average molecular weight is 332 g/mol. The molecule has 1 aliphatic heterocycles. The van der Waals surface area contributed by atoms with E-state index >= 15 is 0 Å². The van der Waals surface area contributed by atoms with Crippen LogP contribution in [0.1, 0.15) is 41.2 Å². The highest BCUT2D eigenvalue weighted by molar-refractivity contribution is 5.38. The van der Waals surface area contributed by atoms with Crippen LogP contribution in [0.25, 0.3) is 0 Å². The number of piperidine rings is 1. The Kier molecular flexibility index (Phi) is 4.33. The number of nitrogens with one attached hydrogen (secondary N) is 1. The third kappa shape index (κ3) is 2.97. The van der Waals surface area contributed by atoms with Gasteiger partial charge in [0.25, 0.3) is 0 Å². The minimum Gasteiger partial charge on any atom is -0.376 e. The maximum absolute atomic E-state index is 9.12. The van der Waals surface area contributed by atoms with E-state index in [0.717, 1.165) is 37.8 Å². The van der Waals surface area contributed by atoms with Crippen LogP contribution in [-0.2, 0) is 17.6 Å². The number of hydrogen-bond donors (Lipinski definition) is 1. The summed E-state index contributed by atoms with van der Waals surface area (Å²) in [5.74, 6) is 0. The van der Waals surface area contributed by atoms with Crippen molar-refractivity contribution in [3.8, 4) is 6.07 Å². The highest BCUT2D eigenvalue weighted by Gasteiger charge is 2.48. The van der Waals surface area contributed by atoms with Gasteiger partial charge in [0.05, 0.1) is 17.7 Å². The van der Waals surface area contributed by atoms with Crippen molar-refractivity contribution in [2.75, 3.05) is 13.7 Å². The zero-order valence-electron chi connectivity index (χ0n) is 14.7. The summed E-state index contributed by atoms with van der Waals surface area (Å²) in [6.07, 6.45) is 4.52. The molecule has 0 amide bonds. The smallest absolute Gasteiger partial charge is 0.0991 e. The molecule has 2 aromatic carbocycles. The molecule has 1 fully saturated rings. The molecule has 2 aliphatic rings. The van der Waals surface area contributed by atoms with Gasteiger partial charge in [0.2, 0.25) is 0 Å². The summed E-state index contributed by atoms with van der Waals surface area (Å²) >= 11 is 0. The topological polar surface area (TPSA) is 45.0 Å². The zero-order valence-corrected chi connectivity index (χ0v) is 14.7. The van der Waals surface area contributed by atoms with E-state index in [0.29, 0.717) is 6.04 Å².